The number of aliphatic imine (C=N–C) groups is 1. The van der Waals surface area contributed by atoms with Crippen molar-refractivity contribution >= 4 is 52.6 Å². The average molecular weight is 518 g/mol. The number of guanidine groups is 1. The first-order valence-corrected chi connectivity index (χ1v) is 9.73. The molecule has 2 aromatic heterocycles. The Morgan fingerprint density at radius 3 is 2.65 bits per heavy atom. The second-order valence-corrected chi connectivity index (χ2v) is 7.36. The fraction of sp³-hybridized carbons (Fsp3) is 0.500. The molecule has 0 aliphatic heterocycles. The molecule has 2 heterocycles. The molecule has 26 heavy (non-hydrogen) atoms. The van der Waals surface area contributed by atoms with Gasteiger partial charge in [0.2, 0.25) is 0 Å². The standard InChI is InChI=1S/C16H21F3N4S2.HI/c1-3-20-15(22-9-11(2)12-5-4-8-24-12)21-7-6-14-23-13(10-25-14)16(17,18)19;/h4-5,8,10-11H,3,6-7,9H2,1-2H3,(H2,20,21,22);1H. The molecular weight excluding hydrogens is 496 g/mol. The van der Waals surface area contributed by atoms with Crippen LogP contribution in [0.2, 0.25) is 0 Å². The first kappa shape index (κ1) is 23.2. The predicted octanol–water partition coefficient (Wildman–Crippen LogP) is 4.74. The van der Waals surface area contributed by atoms with Gasteiger partial charge in [-0.3, -0.25) is 4.99 Å². The van der Waals surface area contributed by atoms with Crippen LogP contribution in [0.15, 0.2) is 27.9 Å². The highest BCUT2D eigenvalue weighted by Gasteiger charge is 2.33. The van der Waals surface area contributed by atoms with Crippen molar-refractivity contribution in [3.8, 4) is 0 Å². The third-order valence-electron chi connectivity index (χ3n) is 3.37. The van der Waals surface area contributed by atoms with Crippen molar-refractivity contribution in [2.75, 3.05) is 19.6 Å². The second kappa shape index (κ2) is 11.1. The molecular formula is C16H22F3IN4S2. The van der Waals surface area contributed by atoms with Crippen LogP contribution in [-0.2, 0) is 12.6 Å². The number of thiophene rings is 1. The zero-order valence-electron chi connectivity index (χ0n) is 14.5. The third-order valence-corrected chi connectivity index (χ3v) is 5.38. The van der Waals surface area contributed by atoms with Gasteiger partial charge in [0.15, 0.2) is 11.7 Å². The summed E-state index contributed by atoms with van der Waals surface area (Å²) in [5.41, 5.74) is -0.821. The number of rotatable bonds is 7. The quantitative estimate of drug-likeness (QED) is 0.316. The van der Waals surface area contributed by atoms with Crippen molar-refractivity contribution in [1.82, 2.24) is 15.6 Å². The van der Waals surface area contributed by atoms with Crippen molar-refractivity contribution < 1.29 is 13.2 Å². The van der Waals surface area contributed by atoms with E-state index in [0.717, 1.165) is 16.7 Å². The van der Waals surface area contributed by atoms with E-state index < -0.39 is 11.9 Å². The van der Waals surface area contributed by atoms with Gasteiger partial charge in [-0.2, -0.15) is 13.2 Å². The lowest BCUT2D eigenvalue weighted by molar-refractivity contribution is -0.140. The number of thiazole rings is 1. The Morgan fingerprint density at radius 2 is 2.08 bits per heavy atom. The van der Waals surface area contributed by atoms with Crippen LogP contribution in [0.1, 0.15) is 35.3 Å². The number of nitrogens with one attached hydrogen (secondary N) is 2. The summed E-state index contributed by atoms with van der Waals surface area (Å²) in [7, 11) is 0. The molecule has 0 radical (unpaired) electrons. The van der Waals surface area contributed by atoms with Crippen molar-refractivity contribution in [1.29, 1.82) is 0 Å². The van der Waals surface area contributed by atoms with E-state index in [1.165, 1.54) is 4.88 Å². The number of hydrogen-bond donors (Lipinski definition) is 2. The number of aromatic nitrogens is 1. The van der Waals surface area contributed by atoms with Crippen molar-refractivity contribution in [3.05, 3.63) is 38.5 Å². The molecule has 4 nitrogen and oxygen atoms in total. The van der Waals surface area contributed by atoms with Gasteiger partial charge in [0.25, 0.3) is 0 Å². The van der Waals surface area contributed by atoms with E-state index >= 15 is 0 Å². The molecule has 0 bridgehead atoms. The van der Waals surface area contributed by atoms with E-state index in [1.54, 1.807) is 11.3 Å². The second-order valence-electron chi connectivity index (χ2n) is 5.44. The van der Waals surface area contributed by atoms with E-state index in [2.05, 4.69) is 33.6 Å². The topological polar surface area (TPSA) is 49.3 Å². The Labute approximate surface area is 176 Å². The SMILES string of the molecule is CCNC(=NCC(C)c1cccs1)NCCc1nc(C(F)(F)F)cs1.I. The van der Waals surface area contributed by atoms with Gasteiger partial charge in [-0.05, 0) is 18.4 Å². The van der Waals surface area contributed by atoms with Crippen molar-refractivity contribution in [2.24, 2.45) is 4.99 Å². The fourth-order valence-electron chi connectivity index (χ4n) is 2.08. The number of halogens is 4. The molecule has 0 aromatic carbocycles. The van der Waals surface area contributed by atoms with Gasteiger partial charge in [0, 0.05) is 35.7 Å². The van der Waals surface area contributed by atoms with Crippen LogP contribution in [0.5, 0.6) is 0 Å². The summed E-state index contributed by atoms with van der Waals surface area (Å²) in [4.78, 5) is 9.46. The van der Waals surface area contributed by atoms with Crippen LogP contribution in [-0.4, -0.2) is 30.6 Å². The van der Waals surface area contributed by atoms with Gasteiger partial charge in [-0.1, -0.05) is 13.0 Å². The van der Waals surface area contributed by atoms with Gasteiger partial charge in [-0.15, -0.1) is 46.7 Å². The summed E-state index contributed by atoms with van der Waals surface area (Å²) in [6.45, 7) is 5.92. The molecule has 0 saturated carbocycles. The molecule has 1 unspecified atom stereocenters. The fourth-order valence-corrected chi connectivity index (χ4v) is 3.66. The summed E-state index contributed by atoms with van der Waals surface area (Å²) in [6, 6.07) is 4.11. The van der Waals surface area contributed by atoms with Crippen molar-refractivity contribution in [3.63, 3.8) is 0 Å². The normalized spacial score (nSPS) is 13.2. The van der Waals surface area contributed by atoms with Crippen LogP contribution >= 0.6 is 46.7 Å². The van der Waals surface area contributed by atoms with Crippen LogP contribution in [0.4, 0.5) is 13.2 Å². The Morgan fingerprint density at radius 1 is 1.31 bits per heavy atom. The minimum absolute atomic E-state index is 0. The highest BCUT2D eigenvalue weighted by atomic mass is 127. The Balaban J connectivity index is 0.00000338. The molecule has 0 amide bonds. The lowest BCUT2D eigenvalue weighted by Gasteiger charge is -2.12. The summed E-state index contributed by atoms with van der Waals surface area (Å²) < 4.78 is 37.6. The Kier molecular flexibility index (Phi) is 9.86. The van der Waals surface area contributed by atoms with Crippen LogP contribution in [0.25, 0.3) is 0 Å². The number of hydrogen-bond acceptors (Lipinski definition) is 4. The van der Waals surface area contributed by atoms with Crippen LogP contribution < -0.4 is 10.6 Å². The smallest absolute Gasteiger partial charge is 0.357 e. The molecule has 2 aromatic rings. The summed E-state index contributed by atoms with van der Waals surface area (Å²) in [5, 5.41) is 9.85. The predicted molar refractivity (Wildman–Crippen MR) is 113 cm³/mol. The maximum Gasteiger partial charge on any atom is 0.434 e. The highest BCUT2D eigenvalue weighted by Crippen LogP contribution is 2.30. The van der Waals surface area contributed by atoms with E-state index in [9.17, 15) is 13.2 Å². The first-order valence-electron chi connectivity index (χ1n) is 7.97. The van der Waals surface area contributed by atoms with E-state index in [-0.39, 0.29) is 24.0 Å². The number of nitrogens with zero attached hydrogens (tertiary/aromatic N) is 2. The molecule has 10 heteroatoms. The summed E-state index contributed by atoms with van der Waals surface area (Å²) in [6.07, 6.45) is -3.96. The van der Waals surface area contributed by atoms with Crippen LogP contribution in [0.3, 0.4) is 0 Å². The largest absolute Gasteiger partial charge is 0.434 e. The van der Waals surface area contributed by atoms with Gasteiger partial charge in [0.1, 0.15) is 0 Å². The Bertz CT molecular complexity index is 671. The lowest BCUT2D eigenvalue weighted by Crippen LogP contribution is -2.38. The zero-order chi connectivity index (χ0) is 18.3. The first-order chi connectivity index (χ1) is 11.9. The molecule has 2 rings (SSSR count). The zero-order valence-corrected chi connectivity index (χ0v) is 18.4. The number of alkyl halides is 3. The molecule has 0 aliphatic carbocycles. The molecule has 1 atom stereocenters. The molecule has 2 N–H and O–H groups in total. The molecule has 0 aliphatic rings. The van der Waals surface area contributed by atoms with Crippen molar-refractivity contribution in [2.45, 2.75) is 32.4 Å². The maximum atomic E-state index is 12.5. The van der Waals surface area contributed by atoms with Gasteiger partial charge in [-0.25, -0.2) is 4.98 Å². The molecule has 146 valence electrons. The lowest BCUT2D eigenvalue weighted by atomic mass is 10.1. The Hall–Kier alpha value is -0.880. The molecule has 0 spiro atoms. The van der Waals surface area contributed by atoms with Gasteiger partial charge >= 0.3 is 6.18 Å². The summed E-state index contributed by atoms with van der Waals surface area (Å²) in [5.74, 6) is 0.988. The third kappa shape index (κ3) is 7.39. The van der Waals surface area contributed by atoms with Gasteiger partial charge < -0.3 is 10.6 Å². The average Bonchev–Trinajstić information content (AvgIpc) is 3.23. The highest BCUT2D eigenvalue weighted by molar-refractivity contribution is 14.0. The maximum absolute atomic E-state index is 12.5. The minimum Gasteiger partial charge on any atom is -0.357 e. The van der Waals surface area contributed by atoms with E-state index in [1.807, 2.05) is 18.4 Å². The van der Waals surface area contributed by atoms with E-state index in [4.69, 9.17) is 0 Å². The monoisotopic (exact) mass is 518 g/mol. The van der Waals surface area contributed by atoms with Gasteiger partial charge in [0.05, 0.1) is 11.6 Å². The minimum atomic E-state index is -4.38. The summed E-state index contributed by atoms with van der Waals surface area (Å²) >= 11 is 2.73. The van der Waals surface area contributed by atoms with E-state index in [0.29, 0.717) is 42.9 Å². The molecule has 0 fully saturated rings. The van der Waals surface area contributed by atoms with Crippen LogP contribution in [0, 0.1) is 0 Å². The molecule has 0 saturated heterocycles.